The molecule has 3 heteroatoms. The van der Waals surface area contributed by atoms with Gasteiger partial charge in [-0.1, -0.05) is 18.2 Å². The zero-order chi connectivity index (χ0) is 13.4. The highest BCUT2D eigenvalue weighted by atomic mass is 16.5. The van der Waals surface area contributed by atoms with Crippen molar-refractivity contribution in [3.63, 3.8) is 0 Å². The molecular formula is C15H23NO2. The Bertz CT molecular complexity index is 363. The Morgan fingerprint density at radius 1 is 1.44 bits per heavy atom. The first-order chi connectivity index (χ1) is 8.65. The van der Waals surface area contributed by atoms with Gasteiger partial charge < -0.3 is 9.84 Å². The highest BCUT2D eigenvalue weighted by Crippen LogP contribution is 2.16. The van der Waals surface area contributed by atoms with E-state index in [1.807, 2.05) is 38.1 Å². The Morgan fingerprint density at radius 3 is 2.83 bits per heavy atom. The smallest absolute Gasteiger partial charge is 0.120 e. The van der Waals surface area contributed by atoms with E-state index in [9.17, 15) is 0 Å². The number of ether oxygens (including phenoxy) is 1. The highest BCUT2D eigenvalue weighted by molar-refractivity contribution is 5.28. The number of aliphatic hydroxyl groups is 1. The molecule has 1 aromatic carbocycles. The number of benzene rings is 1. The molecule has 0 radical (unpaired) electrons. The fourth-order valence-electron chi connectivity index (χ4n) is 1.81. The summed E-state index contributed by atoms with van der Waals surface area (Å²) in [5.41, 5.74) is 1.18. The first-order valence-electron chi connectivity index (χ1n) is 6.35. The third kappa shape index (κ3) is 5.34. The number of hydrogen-bond acceptors (Lipinski definition) is 3. The fraction of sp³-hybridized carbons (Fsp3) is 0.467. The van der Waals surface area contributed by atoms with Gasteiger partial charge in [-0.15, -0.1) is 6.58 Å². The van der Waals surface area contributed by atoms with Gasteiger partial charge >= 0.3 is 0 Å². The van der Waals surface area contributed by atoms with Crippen molar-refractivity contribution in [3.05, 3.63) is 42.5 Å². The quantitative estimate of drug-likeness (QED) is 0.718. The Morgan fingerprint density at radius 2 is 2.22 bits per heavy atom. The molecular weight excluding hydrogens is 226 g/mol. The van der Waals surface area contributed by atoms with Crippen LogP contribution >= 0.6 is 0 Å². The van der Waals surface area contributed by atoms with Crippen LogP contribution in [0.4, 0.5) is 0 Å². The van der Waals surface area contributed by atoms with Gasteiger partial charge in [-0.3, -0.25) is 4.90 Å². The maximum absolute atomic E-state index is 9.01. The van der Waals surface area contributed by atoms with E-state index >= 15 is 0 Å². The molecule has 18 heavy (non-hydrogen) atoms. The van der Waals surface area contributed by atoms with Gasteiger partial charge in [0.1, 0.15) is 5.75 Å². The molecule has 0 atom stereocenters. The third-order valence-corrected chi connectivity index (χ3v) is 2.48. The van der Waals surface area contributed by atoms with Crippen LogP contribution in [0.2, 0.25) is 0 Å². The lowest BCUT2D eigenvalue weighted by Crippen LogP contribution is -2.26. The summed E-state index contributed by atoms with van der Waals surface area (Å²) in [5, 5.41) is 9.01. The van der Waals surface area contributed by atoms with Gasteiger partial charge in [0.2, 0.25) is 0 Å². The molecule has 0 heterocycles. The number of aliphatic hydroxyl groups excluding tert-OH is 1. The van der Waals surface area contributed by atoms with E-state index < -0.39 is 0 Å². The van der Waals surface area contributed by atoms with E-state index in [2.05, 4.69) is 17.5 Å². The molecule has 0 saturated carbocycles. The number of nitrogens with zero attached hydrogens (tertiary/aromatic N) is 1. The molecule has 100 valence electrons. The van der Waals surface area contributed by atoms with E-state index in [-0.39, 0.29) is 12.7 Å². The SMILES string of the molecule is C=CCN(CCO)Cc1cccc(OC(C)C)c1. The maximum atomic E-state index is 9.01. The highest BCUT2D eigenvalue weighted by Gasteiger charge is 2.05. The van der Waals surface area contributed by atoms with Crippen molar-refractivity contribution in [2.75, 3.05) is 19.7 Å². The molecule has 0 aliphatic heterocycles. The van der Waals surface area contributed by atoms with Gasteiger partial charge in [-0.25, -0.2) is 0 Å². The Labute approximate surface area is 110 Å². The lowest BCUT2D eigenvalue weighted by atomic mass is 10.2. The minimum absolute atomic E-state index is 0.163. The third-order valence-electron chi connectivity index (χ3n) is 2.48. The molecule has 1 aromatic rings. The summed E-state index contributed by atoms with van der Waals surface area (Å²) in [7, 11) is 0. The van der Waals surface area contributed by atoms with Crippen molar-refractivity contribution in [2.45, 2.75) is 26.5 Å². The van der Waals surface area contributed by atoms with Crippen LogP contribution < -0.4 is 4.74 Å². The first kappa shape index (κ1) is 14.7. The summed E-state index contributed by atoms with van der Waals surface area (Å²) < 4.78 is 5.67. The van der Waals surface area contributed by atoms with Crippen LogP contribution in [0.5, 0.6) is 5.75 Å². The molecule has 0 aliphatic rings. The number of hydrogen-bond donors (Lipinski definition) is 1. The van der Waals surface area contributed by atoms with Crippen LogP contribution in [0.25, 0.3) is 0 Å². The van der Waals surface area contributed by atoms with E-state index in [0.29, 0.717) is 6.54 Å². The van der Waals surface area contributed by atoms with Crippen molar-refractivity contribution in [1.82, 2.24) is 4.90 Å². The van der Waals surface area contributed by atoms with Crippen LogP contribution in [-0.2, 0) is 6.54 Å². The minimum atomic E-state index is 0.163. The van der Waals surface area contributed by atoms with Crippen molar-refractivity contribution in [1.29, 1.82) is 0 Å². The van der Waals surface area contributed by atoms with Crippen LogP contribution in [0.15, 0.2) is 36.9 Å². The molecule has 1 N–H and O–H groups in total. The molecule has 1 rings (SSSR count). The van der Waals surface area contributed by atoms with Crippen LogP contribution in [0.3, 0.4) is 0 Å². The normalized spacial score (nSPS) is 10.9. The summed E-state index contributed by atoms with van der Waals surface area (Å²) in [5.74, 6) is 0.894. The molecule has 3 nitrogen and oxygen atoms in total. The topological polar surface area (TPSA) is 32.7 Å². The molecule has 0 bridgehead atoms. The summed E-state index contributed by atoms with van der Waals surface area (Å²) in [6.45, 7) is 10.1. The molecule has 0 saturated heterocycles. The predicted molar refractivity (Wildman–Crippen MR) is 74.8 cm³/mol. The molecule has 0 fully saturated rings. The van der Waals surface area contributed by atoms with Gasteiger partial charge in [0, 0.05) is 19.6 Å². The van der Waals surface area contributed by atoms with Crippen molar-refractivity contribution >= 4 is 0 Å². The maximum Gasteiger partial charge on any atom is 0.120 e. The average molecular weight is 249 g/mol. The van der Waals surface area contributed by atoms with Gasteiger partial charge in [0.05, 0.1) is 12.7 Å². The predicted octanol–water partition coefficient (Wildman–Crippen LogP) is 2.45. The summed E-state index contributed by atoms with van der Waals surface area (Å²) in [4.78, 5) is 2.14. The molecule has 0 unspecified atom stereocenters. The molecule has 0 spiro atoms. The van der Waals surface area contributed by atoms with Gasteiger partial charge in [0.15, 0.2) is 0 Å². The largest absolute Gasteiger partial charge is 0.491 e. The van der Waals surface area contributed by atoms with E-state index in [4.69, 9.17) is 9.84 Å². The minimum Gasteiger partial charge on any atom is -0.491 e. The van der Waals surface area contributed by atoms with Gasteiger partial charge in [-0.05, 0) is 31.5 Å². The second-order valence-corrected chi connectivity index (χ2v) is 4.56. The van der Waals surface area contributed by atoms with Crippen LogP contribution in [0.1, 0.15) is 19.4 Å². The van der Waals surface area contributed by atoms with Gasteiger partial charge in [-0.2, -0.15) is 0 Å². The monoisotopic (exact) mass is 249 g/mol. The molecule has 0 aromatic heterocycles. The Kier molecular flexibility index (Phi) is 6.47. The molecule has 0 amide bonds. The lowest BCUT2D eigenvalue weighted by Gasteiger charge is -2.20. The molecule has 0 aliphatic carbocycles. The Hall–Kier alpha value is -1.32. The summed E-state index contributed by atoms with van der Waals surface area (Å²) in [6, 6.07) is 8.08. The van der Waals surface area contributed by atoms with Crippen molar-refractivity contribution < 1.29 is 9.84 Å². The number of rotatable bonds is 8. The lowest BCUT2D eigenvalue weighted by molar-refractivity contribution is 0.203. The average Bonchev–Trinajstić information content (AvgIpc) is 2.29. The van der Waals surface area contributed by atoms with E-state index in [0.717, 1.165) is 18.8 Å². The van der Waals surface area contributed by atoms with E-state index in [1.165, 1.54) is 5.56 Å². The fourth-order valence-corrected chi connectivity index (χ4v) is 1.81. The second-order valence-electron chi connectivity index (χ2n) is 4.56. The van der Waals surface area contributed by atoms with E-state index in [1.54, 1.807) is 0 Å². The van der Waals surface area contributed by atoms with Crippen molar-refractivity contribution in [2.24, 2.45) is 0 Å². The zero-order valence-corrected chi connectivity index (χ0v) is 11.3. The second kappa shape index (κ2) is 7.90. The Balaban J connectivity index is 2.66. The summed E-state index contributed by atoms with van der Waals surface area (Å²) >= 11 is 0. The van der Waals surface area contributed by atoms with Crippen molar-refractivity contribution in [3.8, 4) is 5.75 Å². The first-order valence-corrected chi connectivity index (χ1v) is 6.35. The zero-order valence-electron chi connectivity index (χ0n) is 11.3. The van der Waals surface area contributed by atoms with Gasteiger partial charge in [0.25, 0.3) is 0 Å². The standard InChI is InChI=1S/C15H23NO2/c1-4-8-16(9-10-17)12-14-6-5-7-15(11-14)18-13(2)3/h4-7,11,13,17H,1,8-10,12H2,2-3H3. The van der Waals surface area contributed by atoms with Crippen LogP contribution in [-0.4, -0.2) is 35.8 Å². The summed E-state index contributed by atoms with van der Waals surface area (Å²) in [6.07, 6.45) is 2.03. The van der Waals surface area contributed by atoms with Crippen LogP contribution in [0, 0.1) is 0 Å².